The molecule has 0 rings (SSSR count). The summed E-state index contributed by atoms with van der Waals surface area (Å²) in [7, 11) is -1.57. The van der Waals surface area contributed by atoms with Gasteiger partial charge in [0.1, 0.15) is 0 Å². The molecule has 0 aromatic carbocycles. The van der Waals surface area contributed by atoms with Gasteiger partial charge in [-0.2, -0.15) is 0 Å². The second kappa shape index (κ2) is 8.11. The zero-order valence-corrected chi connectivity index (χ0v) is 16.4. The third-order valence-corrected chi connectivity index (χ3v) is 17.0. The zero-order chi connectivity index (χ0) is 16.8. The van der Waals surface area contributed by atoms with Crippen molar-refractivity contribution in [2.24, 2.45) is 0 Å². The van der Waals surface area contributed by atoms with E-state index in [9.17, 15) is 18.9 Å². The molecule has 0 N–H and O–H groups in total. The topological polar surface area (TPSA) is 114 Å². The second-order valence-electron chi connectivity index (χ2n) is 3.97. The fourth-order valence-corrected chi connectivity index (χ4v) is 14.1. The Hall–Kier alpha value is -0.641. The second-order valence-corrected chi connectivity index (χ2v) is 15.6. The van der Waals surface area contributed by atoms with Gasteiger partial charge in [-0.15, -0.1) is 0 Å². The molecule has 0 radical (unpaired) electrons. The molecular formula is C10H19O9PSn. The van der Waals surface area contributed by atoms with Gasteiger partial charge in [0.15, 0.2) is 0 Å². The van der Waals surface area contributed by atoms with E-state index < -0.39 is 48.8 Å². The Morgan fingerprint density at radius 1 is 0.857 bits per heavy atom. The van der Waals surface area contributed by atoms with Crippen molar-refractivity contribution in [3.8, 4) is 0 Å². The van der Waals surface area contributed by atoms with E-state index in [4.69, 9.17) is 18.3 Å². The fraction of sp³-hybridized carbons (Fsp3) is 0.700. The first kappa shape index (κ1) is 20.4. The number of hydrogen-bond donors (Lipinski definition) is 0. The standard InChI is InChI=1S/C4H10O3P.3C2H4O2.Sn/c1-4-8(5,6-2)7-3;3*1-2(3)4;/h4H,1-3H3;3*1H3,(H,3,4);/q;;;;+3/p-3. The Morgan fingerprint density at radius 2 is 1.14 bits per heavy atom. The molecule has 0 aliphatic heterocycles. The Balaban J connectivity index is 5.93. The van der Waals surface area contributed by atoms with Crippen molar-refractivity contribution in [2.75, 3.05) is 14.2 Å². The first-order valence-electron chi connectivity index (χ1n) is 5.83. The first-order valence-corrected chi connectivity index (χ1v) is 12.6. The molecule has 0 fully saturated rings. The van der Waals surface area contributed by atoms with Crippen molar-refractivity contribution in [1.82, 2.24) is 0 Å². The predicted molar refractivity (Wildman–Crippen MR) is 72.1 cm³/mol. The molecule has 1 atom stereocenters. The van der Waals surface area contributed by atoms with Crippen LogP contribution in [0.2, 0.25) is 0 Å². The summed E-state index contributed by atoms with van der Waals surface area (Å²) in [5.74, 6) is -2.50. The molecule has 0 bridgehead atoms. The monoisotopic (exact) mass is 434 g/mol. The van der Waals surface area contributed by atoms with Crippen LogP contribution in [0.4, 0.5) is 0 Å². The minimum absolute atomic E-state index is 0.834. The van der Waals surface area contributed by atoms with Crippen LogP contribution < -0.4 is 0 Å². The molecule has 0 aromatic rings. The van der Waals surface area contributed by atoms with Crippen LogP contribution in [-0.4, -0.2) is 55.4 Å². The van der Waals surface area contributed by atoms with Gasteiger partial charge in [0.25, 0.3) is 0 Å². The molecule has 9 nitrogen and oxygen atoms in total. The van der Waals surface area contributed by atoms with Crippen LogP contribution in [0.3, 0.4) is 0 Å². The van der Waals surface area contributed by atoms with Crippen molar-refractivity contribution in [1.29, 1.82) is 0 Å². The number of rotatable bonds is 7. The van der Waals surface area contributed by atoms with Crippen molar-refractivity contribution in [3.05, 3.63) is 0 Å². The maximum absolute atomic E-state index is 12.5. The predicted octanol–water partition coefficient (Wildman–Crippen LogP) is 1.03. The molecular weight excluding hydrogens is 414 g/mol. The van der Waals surface area contributed by atoms with Gasteiger partial charge < -0.3 is 0 Å². The van der Waals surface area contributed by atoms with Crippen molar-refractivity contribution in [2.45, 2.75) is 31.4 Å². The van der Waals surface area contributed by atoms with Gasteiger partial charge in [-0.3, -0.25) is 0 Å². The van der Waals surface area contributed by atoms with Crippen LogP contribution in [0.15, 0.2) is 0 Å². The summed E-state index contributed by atoms with van der Waals surface area (Å²) < 4.78 is 36.0. The summed E-state index contributed by atoms with van der Waals surface area (Å²) in [4.78, 5) is 33.9. The summed E-state index contributed by atoms with van der Waals surface area (Å²) in [5.41, 5.74) is 0. The van der Waals surface area contributed by atoms with Crippen molar-refractivity contribution >= 4 is 45.1 Å². The minimum atomic E-state index is -5.24. The molecule has 1 unspecified atom stereocenters. The third-order valence-electron chi connectivity index (χ3n) is 2.35. The van der Waals surface area contributed by atoms with E-state index in [0.717, 1.165) is 35.0 Å². The molecule has 0 saturated carbocycles. The number of carbonyl (C=O) groups is 3. The van der Waals surface area contributed by atoms with Gasteiger partial charge in [-0.1, -0.05) is 0 Å². The van der Waals surface area contributed by atoms with Crippen LogP contribution in [0, 0.1) is 0 Å². The summed E-state index contributed by atoms with van der Waals surface area (Å²) in [5, 5.41) is 0. The van der Waals surface area contributed by atoms with Gasteiger partial charge in [-0.05, 0) is 0 Å². The molecule has 0 saturated heterocycles. The quantitative estimate of drug-likeness (QED) is 0.429. The summed E-state index contributed by atoms with van der Waals surface area (Å²) in [6.07, 6.45) is 0. The van der Waals surface area contributed by atoms with Crippen molar-refractivity contribution < 1.29 is 37.2 Å². The molecule has 0 aliphatic carbocycles. The van der Waals surface area contributed by atoms with E-state index in [1.165, 1.54) is 6.92 Å². The van der Waals surface area contributed by atoms with E-state index >= 15 is 0 Å². The Kier molecular flexibility index (Phi) is 7.87. The van der Waals surface area contributed by atoms with Crippen LogP contribution in [0.5, 0.6) is 0 Å². The van der Waals surface area contributed by atoms with Crippen molar-refractivity contribution in [3.63, 3.8) is 0 Å². The van der Waals surface area contributed by atoms with Crippen LogP contribution >= 0.6 is 7.60 Å². The molecule has 0 spiro atoms. The molecule has 11 heteroatoms. The van der Waals surface area contributed by atoms with E-state index in [1.54, 1.807) is 0 Å². The summed E-state index contributed by atoms with van der Waals surface area (Å²) in [6, 6.07) is 0. The molecule has 0 heterocycles. The average molecular weight is 433 g/mol. The Labute approximate surface area is 128 Å². The van der Waals surface area contributed by atoms with E-state index in [2.05, 4.69) is 0 Å². The van der Waals surface area contributed by atoms with Gasteiger partial charge in [0.05, 0.1) is 0 Å². The van der Waals surface area contributed by atoms with E-state index in [0.29, 0.717) is 0 Å². The fourth-order valence-electron chi connectivity index (χ4n) is 1.50. The van der Waals surface area contributed by atoms with Gasteiger partial charge in [-0.25, -0.2) is 0 Å². The van der Waals surface area contributed by atoms with E-state index in [1.807, 2.05) is 0 Å². The summed E-state index contributed by atoms with van der Waals surface area (Å²) >= 11 is -5.24. The first-order chi connectivity index (χ1) is 9.53. The van der Waals surface area contributed by atoms with Gasteiger partial charge in [0.2, 0.25) is 0 Å². The van der Waals surface area contributed by atoms with Crippen LogP contribution in [0.1, 0.15) is 27.7 Å². The number of hydrogen-bond acceptors (Lipinski definition) is 9. The van der Waals surface area contributed by atoms with Crippen LogP contribution in [0.25, 0.3) is 0 Å². The molecule has 122 valence electrons. The SMILES string of the molecule is COP(=O)(OC)[CH](C)[Sn]([O]C(C)=O)([O]C(C)=O)[O]C(C)=O. The van der Waals surface area contributed by atoms with Crippen LogP contribution in [-0.2, 0) is 37.2 Å². The number of carbonyl (C=O) groups excluding carboxylic acids is 3. The Bertz CT molecular complexity index is 415. The normalized spacial score (nSPS) is 13.2. The van der Waals surface area contributed by atoms with E-state index in [-0.39, 0.29) is 0 Å². The van der Waals surface area contributed by atoms with Gasteiger partial charge >= 0.3 is 128 Å². The molecule has 0 aliphatic rings. The summed E-state index contributed by atoms with van der Waals surface area (Å²) in [6.45, 7) is 4.47. The average Bonchev–Trinajstić information content (AvgIpc) is 2.34. The Morgan fingerprint density at radius 3 is 1.33 bits per heavy atom. The zero-order valence-electron chi connectivity index (χ0n) is 12.7. The molecule has 0 amide bonds. The molecule has 21 heavy (non-hydrogen) atoms. The molecule has 0 aromatic heterocycles. The maximum atomic E-state index is 12.5. The van der Waals surface area contributed by atoms with Gasteiger partial charge in [0, 0.05) is 0 Å². The third kappa shape index (κ3) is 5.57.